The third-order valence-corrected chi connectivity index (χ3v) is 5.31. The van der Waals surface area contributed by atoms with Crippen molar-refractivity contribution in [1.82, 2.24) is 24.9 Å². The van der Waals surface area contributed by atoms with E-state index < -0.39 is 0 Å². The second-order valence-electron chi connectivity index (χ2n) is 7.42. The fourth-order valence-corrected chi connectivity index (χ4v) is 3.71. The van der Waals surface area contributed by atoms with Crippen LogP contribution in [0.3, 0.4) is 0 Å². The molecule has 2 saturated heterocycles. The van der Waals surface area contributed by atoms with E-state index in [1.807, 2.05) is 11.8 Å². The average molecular weight is 343 g/mol. The van der Waals surface area contributed by atoms with Crippen LogP contribution < -0.4 is 0 Å². The lowest BCUT2D eigenvalue weighted by molar-refractivity contribution is -0.133. The normalized spacial score (nSPS) is 24.9. The van der Waals surface area contributed by atoms with E-state index in [1.54, 1.807) is 6.20 Å². The van der Waals surface area contributed by atoms with E-state index >= 15 is 0 Å². The second kappa shape index (κ2) is 5.66. The molecule has 8 nitrogen and oxygen atoms in total. The zero-order valence-electron chi connectivity index (χ0n) is 14.2. The van der Waals surface area contributed by atoms with Gasteiger partial charge in [0, 0.05) is 32.0 Å². The lowest BCUT2D eigenvalue weighted by atomic mass is 10.1. The number of likely N-dealkylation sites (tertiary alicyclic amines) is 2. The van der Waals surface area contributed by atoms with Crippen LogP contribution in [0.25, 0.3) is 0 Å². The van der Waals surface area contributed by atoms with E-state index in [2.05, 4.69) is 20.0 Å². The number of aromatic nitrogens is 3. The second-order valence-corrected chi connectivity index (χ2v) is 7.42. The molecule has 2 aromatic heterocycles. The predicted octanol–water partition coefficient (Wildman–Crippen LogP) is 1.44. The molecule has 0 spiro atoms. The molecule has 25 heavy (non-hydrogen) atoms. The number of carbonyl (C=O) groups excluding carboxylic acids is 1. The first-order valence-corrected chi connectivity index (χ1v) is 8.92. The fraction of sp³-hybridized carbons (Fsp3) is 0.647. The Morgan fingerprint density at radius 2 is 2.08 bits per heavy atom. The van der Waals surface area contributed by atoms with E-state index in [0.29, 0.717) is 31.3 Å². The van der Waals surface area contributed by atoms with Gasteiger partial charge in [-0.1, -0.05) is 5.16 Å². The third-order valence-electron chi connectivity index (χ3n) is 5.31. The molecule has 2 aromatic rings. The number of oxazole rings is 1. The van der Waals surface area contributed by atoms with Crippen LogP contribution in [0.2, 0.25) is 0 Å². The Morgan fingerprint density at radius 3 is 2.80 bits per heavy atom. The topological polar surface area (TPSA) is 88.5 Å². The number of hydrogen-bond acceptors (Lipinski definition) is 7. The summed E-state index contributed by atoms with van der Waals surface area (Å²) in [6.07, 6.45) is 4.51. The zero-order chi connectivity index (χ0) is 17.0. The third kappa shape index (κ3) is 2.84. The van der Waals surface area contributed by atoms with Crippen molar-refractivity contribution in [3.8, 4) is 0 Å². The Morgan fingerprint density at radius 1 is 1.24 bits per heavy atom. The maximum atomic E-state index is 12.4. The summed E-state index contributed by atoms with van der Waals surface area (Å²) in [7, 11) is 0. The van der Waals surface area contributed by atoms with Crippen LogP contribution in [0, 0.1) is 6.92 Å². The summed E-state index contributed by atoms with van der Waals surface area (Å²) in [5, 5.41) is 4.07. The first kappa shape index (κ1) is 15.1. The van der Waals surface area contributed by atoms with Crippen molar-refractivity contribution in [2.24, 2.45) is 0 Å². The van der Waals surface area contributed by atoms with Crippen LogP contribution in [0.15, 0.2) is 15.1 Å². The Hall–Kier alpha value is -2.22. The van der Waals surface area contributed by atoms with E-state index in [9.17, 15) is 4.79 Å². The lowest BCUT2D eigenvalue weighted by Crippen LogP contribution is -2.59. The van der Waals surface area contributed by atoms with Crippen molar-refractivity contribution in [3.63, 3.8) is 0 Å². The summed E-state index contributed by atoms with van der Waals surface area (Å²) in [4.78, 5) is 25.4. The number of rotatable bonds is 5. The molecule has 0 aromatic carbocycles. The van der Waals surface area contributed by atoms with Gasteiger partial charge >= 0.3 is 0 Å². The number of carbonyl (C=O) groups is 1. The first-order chi connectivity index (χ1) is 12.2. The minimum atomic E-state index is 0.0379. The molecular formula is C17H21N5O3. The molecule has 0 radical (unpaired) electrons. The van der Waals surface area contributed by atoms with Gasteiger partial charge in [0.15, 0.2) is 5.82 Å². The highest BCUT2D eigenvalue weighted by Gasteiger charge is 2.42. The van der Waals surface area contributed by atoms with Gasteiger partial charge in [0.2, 0.25) is 17.7 Å². The monoisotopic (exact) mass is 343 g/mol. The molecule has 132 valence electrons. The van der Waals surface area contributed by atoms with Crippen molar-refractivity contribution in [3.05, 3.63) is 29.6 Å². The Bertz CT molecular complexity index is 790. The molecular weight excluding hydrogens is 322 g/mol. The van der Waals surface area contributed by atoms with E-state index in [4.69, 9.17) is 8.94 Å². The largest absolute Gasteiger partial charge is 0.445 e. The van der Waals surface area contributed by atoms with Gasteiger partial charge in [-0.25, -0.2) is 4.98 Å². The van der Waals surface area contributed by atoms with Crippen molar-refractivity contribution in [1.29, 1.82) is 0 Å². The number of aryl methyl sites for hydroxylation is 1. The Labute approximate surface area is 145 Å². The van der Waals surface area contributed by atoms with Gasteiger partial charge in [0.1, 0.15) is 5.76 Å². The molecule has 1 saturated carbocycles. The van der Waals surface area contributed by atoms with Crippen molar-refractivity contribution in [2.75, 3.05) is 19.6 Å². The molecule has 2 aliphatic heterocycles. The van der Waals surface area contributed by atoms with Crippen molar-refractivity contribution in [2.45, 2.75) is 50.6 Å². The number of nitrogens with zero attached hydrogens (tertiary/aromatic N) is 5. The standard InChI is InChI=1S/C17H21N5O3/c1-10-5-18-14(24-10)9-21-7-13(8-21)22-6-12(4-15(22)23)17-19-16(20-25-17)11-2-3-11/h5,11-13H,2-4,6-9H2,1H3. The maximum Gasteiger partial charge on any atom is 0.232 e. The molecule has 1 atom stereocenters. The van der Waals surface area contributed by atoms with Crippen LogP contribution in [0.1, 0.15) is 54.5 Å². The van der Waals surface area contributed by atoms with Gasteiger partial charge in [-0.2, -0.15) is 4.98 Å². The number of hydrogen-bond donors (Lipinski definition) is 0. The lowest BCUT2D eigenvalue weighted by Gasteiger charge is -2.43. The summed E-state index contributed by atoms with van der Waals surface area (Å²) in [5.41, 5.74) is 0. The quantitative estimate of drug-likeness (QED) is 0.811. The predicted molar refractivity (Wildman–Crippen MR) is 85.6 cm³/mol. The molecule has 0 N–H and O–H groups in total. The molecule has 0 bridgehead atoms. The smallest absolute Gasteiger partial charge is 0.232 e. The molecule has 8 heteroatoms. The van der Waals surface area contributed by atoms with Gasteiger partial charge in [-0.15, -0.1) is 0 Å². The summed E-state index contributed by atoms with van der Waals surface area (Å²) < 4.78 is 10.9. The Kier molecular flexibility index (Phi) is 3.41. The van der Waals surface area contributed by atoms with Gasteiger partial charge in [0.05, 0.1) is 24.7 Å². The summed E-state index contributed by atoms with van der Waals surface area (Å²) in [6, 6.07) is 0.263. The average Bonchev–Trinajstić information content (AvgIpc) is 2.97. The SMILES string of the molecule is Cc1cnc(CN2CC(N3CC(c4nc(C5CC5)no4)CC3=O)C2)o1. The van der Waals surface area contributed by atoms with Crippen LogP contribution >= 0.6 is 0 Å². The van der Waals surface area contributed by atoms with E-state index in [1.165, 1.54) is 0 Å². The van der Waals surface area contributed by atoms with Gasteiger partial charge in [-0.05, 0) is 19.8 Å². The highest BCUT2D eigenvalue weighted by atomic mass is 16.5. The van der Waals surface area contributed by atoms with E-state index in [-0.39, 0.29) is 17.9 Å². The fourth-order valence-electron chi connectivity index (χ4n) is 3.71. The minimum Gasteiger partial charge on any atom is -0.445 e. The summed E-state index contributed by atoms with van der Waals surface area (Å²) in [5.74, 6) is 3.71. The first-order valence-electron chi connectivity index (χ1n) is 8.92. The molecule has 3 aliphatic rings. The van der Waals surface area contributed by atoms with E-state index in [0.717, 1.165) is 43.4 Å². The van der Waals surface area contributed by atoms with Crippen LogP contribution in [0.5, 0.6) is 0 Å². The van der Waals surface area contributed by atoms with Crippen LogP contribution in [-0.4, -0.2) is 56.5 Å². The van der Waals surface area contributed by atoms with Crippen molar-refractivity contribution < 1.29 is 13.7 Å². The molecule has 5 rings (SSSR count). The molecule has 3 fully saturated rings. The minimum absolute atomic E-state index is 0.0379. The van der Waals surface area contributed by atoms with Crippen LogP contribution in [0.4, 0.5) is 0 Å². The zero-order valence-corrected chi connectivity index (χ0v) is 14.2. The highest BCUT2D eigenvalue weighted by Crippen LogP contribution is 2.39. The molecule has 1 unspecified atom stereocenters. The molecule has 4 heterocycles. The highest BCUT2D eigenvalue weighted by molar-refractivity contribution is 5.80. The maximum absolute atomic E-state index is 12.4. The number of amides is 1. The van der Waals surface area contributed by atoms with Gasteiger partial charge in [-0.3, -0.25) is 9.69 Å². The summed E-state index contributed by atoms with van der Waals surface area (Å²) in [6.45, 7) is 4.99. The van der Waals surface area contributed by atoms with Crippen LogP contribution in [-0.2, 0) is 11.3 Å². The molecule has 1 aliphatic carbocycles. The van der Waals surface area contributed by atoms with Gasteiger partial charge in [0.25, 0.3) is 0 Å². The Balaban J connectivity index is 1.17. The van der Waals surface area contributed by atoms with Gasteiger partial charge < -0.3 is 13.8 Å². The van der Waals surface area contributed by atoms with Crippen molar-refractivity contribution >= 4 is 5.91 Å². The summed E-state index contributed by atoms with van der Waals surface area (Å²) >= 11 is 0. The molecule has 1 amide bonds.